The first kappa shape index (κ1) is 9.60. The van der Waals surface area contributed by atoms with Crippen LogP contribution in [0.25, 0.3) is 0 Å². The molecule has 3 saturated heterocycles. The molecule has 0 aromatic rings. The van der Waals surface area contributed by atoms with Gasteiger partial charge in [0.2, 0.25) is 0 Å². The van der Waals surface area contributed by atoms with Crippen molar-refractivity contribution in [2.75, 3.05) is 19.8 Å². The number of carbonyl (C=O) groups is 1. The predicted molar refractivity (Wildman–Crippen MR) is 53.6 cm³/mol. The summed E-state index contributed by atoms with van der Waals surface area (Å²) in [6.07, 6.45) is 3.68. The van der Waals surface area contributed by atoms with E-state index < -0.39 is 11.5 Å². The molecular weight excluding hydrogens is 194 g/mol. The minimum atomic E-state index is -0.616. The van der Waals surface area contributed by atoms with Gasteiger partial charge in [-0.25, -0.2) is 0 Å². The van der Waals surface area contributed by atoms with E-state index in [2.05, 4.69) is 4.90 Å². The van der Waals surface area contributed by atoms with E-state index in [0.717, 1.165) is 45.4 Å². The molecule has 0 amide bonds. The zero-order valence-corrected chi connectivity index (χ0v) is 8.82. The Hall–Kier alpha value is -0.610. The molecule has 15 heavy (non-hydrogen) atoms. The summed E-state index contributed by atoms with van der Waals surface area (Å²) in [5, 5.41) is 9.44. The van der Waals surface area contributed by atoms with Gasteiger partial charge in [-0.15, -0.1) is 0 Å². The fourth-order valence-electron chi connectivity index (χ4n) is 3.74. The van der Waals surface area contributed by atoms with Crippen molar-refractivity contribution in [3.63, 3.8) is 0 Å². The Morgan fingerprint density at radius 1 is 1.53 bits per heavy atom. The number of aliphatic carboxylic acids is 1. The van der Waals surface area contributed by atoms with Crippen LogP contribution in [0.1, 0.15) is 25.7 Å². The summed E-state index contributed by atoms with van der Waals surface area (Å²) >= 11 is 0. The van der Waals surface area contributed by atoms with Crippen molar-refractivity contribution < 1.29 is 14.6 Å². The molecule has 3 rings (SSSR count). The lowest BCUT2D eigenvalue weighted by Crippen LogP contribution is -2.49. The normalized spacial score (nSPS) is 45.1. The lowest BCUT2D eigenvalue weighted by atomic mass is 9.88. The van der Waals surface area contributed by atoms with Gasteiger partial charge in [0, 0.05) is 18.6 Å². The molecule has 4 heteroatoms. The standard InChI is InChI=1S/C11H17NO3/c13-10(14)11-3-1-4-12(11)9-2-5-15-7-8(9)6-11/h8-9H,1-7H2,(H,13,14)/t8-,9+,11-/m0/s1. The molecule has 0 aliphatic carbocycles. The Labute approximate surface area is 89.2 Å². The molecule has 84 valence electrons. The maximum Gasteiger partial charge on any atom is 0.324 e. The van der Waals surface area contributed by atoms with E-state index in [1.165, 1.54) is 0 Å². The molecule has 0 bridgehead atoms. The number of carboxylic acids is 1. The SMILES string of the molecule is O=C(O)[C@@]12CCCN1[C@@H]1CCOC[C@@H]1C2. The molecule has 3 aliphatic heterocycles. The summed E-state index contributed by atoms with van der Waals surface area (Å²) in [6.45, 7) is 2.52. The first-order chi connectivity index (χ1) is 7.24. The summed E-state index contributed by atoms with van der Waals surface area (Å²) in [5.74, 6) is -0.162. The second-order valence-corrected chi connectivity index (χ2v) is 5.03. The van der Waals surface area contributed by atoms with Gasteiger partial charge >= 0.3 is 5.97 Å². The molecule has 0 saturated carbocycles. The van der Waals surface area contributed by atoms with Crippen molar-refractivity contribution in [3.05, 3.63) is 0 Å². The first-order valence-electron chi connectivity index (χ1n) is 5.82. The number of rotatable bonds is 1. The van der Waals surface area contributed by atoms with Gasteiger partial charge in [0.1, 0.15) is 5.54 Å². The number of hydrogen-bond acceptors (Lipinski definition) is 3. The molecule has 0 radical (unpaired) electrons. The van der Waals surface area contributed by atoms with Crippen LogP contribution in [-0.2, 0) is 9.53 Å². The lowest BCUT2D eigenvalue weighted by Gasteiger charge is -2.33. The minimum Gasteiger partial charge on any atom is -0.480 e. The summed E-state index contributed by atoms with van der Waals surface area (Å²) in [6, 6.07) is 0.470. The summed E-state index contributed by atoms with van der Waals surface area (Å²) in [4.78, 5) is 13.7. The third-order valence-corrected chi connectivity index (χ3v) is 4.37. The Balaban J connectivity index is 1.92. The minimum absolute atomic E-state index is 0.454. The van der Waals surface area contributed by atoms with Gasteiger partial charge in [0.15, 0.2) is 0 Å². The maximum absolute atomic E-state index is 11.5. The van der Waals surface area contributed by atoms with Crippen LogP contribution in [0, 0.1) is 5.92 Å². The number of fused-ring (bicyclic) bond motifs is 3. The van der Waals surface area contributed by atoms with Gasteiger partial charge in [-0.3, -0.25) is 9.69 Å². The molecule has 0 unspecified atom stereocenters. The zero-order valence-electron chi connectivity index (χ0n) is 8.82. The molecule has 0 aromatic carbocycles. The molecule has 0 aromatic heterocycles. The van der Waals surface area contributed by atoms with E-state index in [0.29, 0.717) is 12.0 Å². The van der Waals surface area contributed by atoms with Crippen LogP contribution in [-0.4, -0.2) is 47.3 Å². The van der Waals surface area contributed by atoms with Crippen LogP contribution >= 0.6 is 0 Å². The average Bonchev–Trinajstić information content (AvgIpc) is 2.73. The van der Waals surface area contributed by atoms with Crippen LogP contribution in [0.2, 0.25) is 0 Å². The monoisotopic (exact) mass is 211 g/mol. The second-order valence-electron chi connectivity index (χ2n) is 5.03. The fraction of sp³-hybridized carbons (Fsp3) is 0.909. The molecular formula is C11H17NO3. The van der Waals surface area contributed by atoms with Crippen molar-refractivity contribution in [1.82, 2.24) is 4.90 Å². The zero-order chi connectivity index (χ0) is 10.5. The number of nitrogens with zero attached hydrogens (tertiary/aromatic N) is 1. The topological polar surface area (TPSA) is 49.8 Å². The van der Waals surface area contributed by atoms with Gasteiger partial charge in [-0.05, 0) is 32.2 Å². The Morgan fingerprint density at radius 2 is 2.40 bits per heavy atom. The first-order valence-corrected chi connectivity index (χ1v) is 5.82. The summed E-state index contributed by atoms with van der Waals surface area (Å²) < 4.78 is 5.45. The van der Waals surface area contributed by atoms with E-state index in [1.807, 2.05) is 0 Å². The van der Waals surface area contributed by atoms with E-state index in [9.17, 15) is 9.90 Å². The average molecular weight is 211 g/mol. The fourth-order valence-corrected chi connectivity index (χ4v) is 3.74. The molecule has 3 atom stereocenters. The number of carboxylic acid groups (broad SMARTS) is 1. The predicted octanol–water partition coefficient (Wildman–Crippen LogP) is 0.714. The van der Waals surface area contributed by atoms with Gasteiger partial charge in [0.25, 0.3) is 0 Å². The molecule has 3 aliphatic rings. The van der Waals surface area contributed by atoms with Gasteiger partial charge < -0.3 is 9.84 Å². The maximum atomic E-state index is 11.5. The van der Waals surface area contributed by atoms with Crippen LogP contribution < -0.4 is 0 Å². The molecule has 4 nitrogen and oxygen atoms in total. The van der Waals surface area contributed by atoms with E-state index in [-0.39, 0.29) is 0 Å². The third-order valence-electron chi connectivity index (χ3n) is 4.37. The van der Waals surface area contributed by atoms with Gasteiger partial charge in [-0.2, -0.15) is 0 Å². The molecule has 3 heterocycles. The van der Waals surface area contributed by atoms with E-state index in [4.69, 9.17) is 4.74 Å². The quantitative estimate of drug-likeness (QED) is 0.694. The van der Waals surface area contributed by atoms with E-state index in [1.54, 1.807) is 0 Å². The van der Waals surface area contributed by atoms with Gasteiger partial charge in [-0.1, -0.05) is 0 Å². The van der Waals surface area contributed by atoms with Crippen molar-refractivity contribution in [2.45, 2.75) is 37.3 Å². The van der Waals surface area contributed by atoms with Crippen molar-refractivity contribution in [1.29, 1.82) is 0 Å². The molecule has 0 spiro atoms. The van der Waals surface area contributed by atoms with Crippen molar-refractivity contribution in [2.24, 2.45) is 5.92 Å². The van der Waals surface area contributed by atoms with Crippen LogP contribution in [0.5, 0.6) is 0 Å². The van der Waals surface area contributed by atoms with Crippen LogP contribution in [0.15, 0.2) is 0 Å². The highest BCUT2D eigenvalue weighted by Crippen LogP contribution is 2.47. The van der Waals surface area contributed by atoms with Crippen molar-refractivity contribution >= 4 is 5.97 Å². The highest BCUT2D eigenvalue weighted by Gasteiger charge is 2.58. The molecule has 1 N–H and O–H groups in total. The third kappa shape index (κ3) is 1.18. The van der Waals surface area contributed by atoms with Crippen LogP contribution in [0.3, 0.4) is 0 Å². The Kier molecular flexibility index (Phi) is 2.04. The second kappa shape index (κ2) is 3.19. The number of ether oxygens (including phenoxy) is 1. The molecule has 3 fully saturated rings. The Morgan fingerprint density at radius 3 is 3.20 bits per heavy atom. The van der Waals surface area contributed by atoms with Crippen molar-refractivity contribution in [3.8, 4) is 0 Å². The lowest BCUT2D eigenvalue weighted by molar-refractivity contribution is -0.148. The summed E-state index contributed by atoms with van der Waals surface area (Å²) in [7, 11) is 0. The highest BCUT2D eigenvalue weighted by atomic mass is 16.5. The van der Waals surface area contributed by atoms with E-state index >= 15 is 0 Å². The highest BCUT2D eigenvalue weighted by molar-refractivity contribution is 5.80. The smallest absolute Gasteiger partial charge is 0.324 e. The largest absolute Gasteiger partial charge is 0.480 e. The van der Waals surface area contributed by atoms with Gasteiger partial charge in [0.05, 0.1) is 6.61 Å². The number of hydrogen-bond donors (Lipinski definition) is 1. The summed E-state index contributed by atoms with van der Waals surface area (Å²) in [5.41, 5.74) is -0.539. The Bertz CT molecular complexity index is 294. The van der Waals surface area contributed by atoms with Crippen LogP contribution in [0.4, 0.5) is 0 Å².